The molecule has 0 unspecified atom stereocenters. The largest absolute Gasteiger partial charge is 0.457 e. The highest BCUT2D eigenvalue weighted by atomic mass is 35.5. The van der Waals surface area contributed by atoms with Gasteiger partial charge in [-0.2, -0.15) is 0 Å². The molecule has 0 atom stereocenters. The molecule has 1 saturated heterocycles. The van der Waals surface area contributed by atoms with Crippen molar-refractivity contribution in [1.82, 2.24) is 4.90 Å². The molecule has 0 saturated carbocycles. The van der Waals surface area contributed by atoms with Gasteiger partial charge in [0.05, 0.1) is 15.0 Å². The minimum Gasteiger partial charge on any atom is -0.457 e. The van der Waals surface area contributed by atoms with Crippen molar-refractivity contribution in [2.24, 2.45) is 0 Å². The summed E-state index contributed by atoms with van der Waals surface area (Å²) < 4.78 is 5.77. The van der Waals surface area contributed by atoms with Crippen molar-refractivity contribution in [2.75, 3.05) is 6.54 Å². The van der Waals surface area contributed by atoms with E-state index in [1.165, 1.54) is 4.90 Å². The summed E-state index contributed by atoms with van der Waals surface area (Å²) in [6, 6.07) is 8.76. The number of unbranched alkanes of at least 4 members (excludes halogenated alkanes) is 2. The third-order valence-corrected chi connectivity index (χ3v) is 5.61. The normalized spacial score (nSPS) is 16.1. The van der Waals surface area contributed by atoms with Crippen molar-refractivity contribution in [3.8, 4) is 11.3 Å². The average molecular weight is 410 g/mol. The second-order valence-electron chi connectivity index (χ2n) is 5.87. The lowest BCUT2D eigenvalue weighted by Crippen LogP contribution is -2.29. The molecule has 7 heteroatoms. The molecule has 3 rings (SSSR count). The molecule has 1 aromatic heterocycles. The number of benzene rings is 1. The Morgan fingerprint density at radius 2 is 1.92 bits per heavy atom. The fraction of sp³-hybridized carbons (Fsp3) is 0.263. The van der Waals surface area contributed by atoms with Crippen LogP contribution in [0.5, 0.6) is 0 Å². The first kappa shape index (κ1) is 19.1. The molecule has 2 aromatic rings. The van der Waals surface area contributed by atoms with Gasteiger partial charge in [-0.3, -0.25) is 14.5 Å². The molecule has 1 aromatic carbocycles. The van der Waals surface area contributed by atoms with Crippen LogP contribution in [0.25, 0.3) is 17.4 Å². The van der Waals surface area contributed by atoms with Crippen LogP contribution in [0.1, 0.15) is 31.9 Å². The van der Waals surface area contributed by atoms with E-state index in [0.29, 0.717) is 33.0 Å². The van der Waals surface area contributed by atoms with E-state index in [1.807, 2.05) is 0 Å². The minimum absolute atomic E-state index is 0.228. The third-order valence-electron chi connectivity index (χ3n) is 3.96. The third kappa shape index (κ3) is 4.17. The summed E-state index contributed by atoms with van der Waals surface area (Å²) in [5.41, 5.74) is 0.784. The van der Waals surface area contributed by atoms with E-state index < -0.39 is 0 Å². The highest BCUT2D eigenvalue weighted by Crippen LogP contribution is 2.34. The van der Waals surface area contributed by atoms with E-state index in [4.69, 9.17) is 27.6 Å². The Morgan fingerprint density at radius 3 is 2.65 bits per heavy atom. The van der Waals surface area contributed by atoms with Crippen LogP contribution >= 0.6 is 35.0 Å². The van der Waals surface area contributed by atoms with Crippen molar-refractivity contribution in [3.63, 3.8) is 0 Å². The molecule has 136 valence electrons. The number of nitrogens with zero attached hydrogens (tertiary/aromatic N) is 1. The van der Waals surface area contributed by atoms with Crippen LogP contribution in [-0.4, -0.2) is 22.6 Å². The molecule has 1 aliphatic rings. The topological polar surface area (TPSA) is 50.5 Å². The van der Waals surface area contributed by atoms with Gasteiger partial charge in [-0.1, -0.05) is 43.0 Å². The lowest BCUT2D eigenvalue weighted by molar-refractivity contribution is -0.122. The Kier molecular flexibility index (Phi) is 6.12. The highest BCUT2D eigenvalue weighted by molar-refractivity contribution is 8.18. The monoisotopic (exact) mass is 409 g/mol. The van der Waals surface area contributed by atoms with Crippen LogP contribution in [0.2, 0.25) is 10.0 Å². The van der Waals surface area contributed by atoms with Crippen LogP contribution in [0.15, 0.2) is 39.7 Å². The number of thioether (sulfide) groups is 1. The molecule has 2 heterocycles. The van der Waals surface area contributed by atoms with E-state index in [1.54, 1.807) is 36.4 Å². The smallest absolute Gasteiger partial charge is 0.293 e. The Morgan fingerprint density at radius 1 is 1.12 bits per heavy atom. The molecular formula is C19H17Cl2NO3S. The maximum absolute atomic E-state index is 12.4. The Hall–Kier alpha value is -1.69. The first-order chi connectivity index (χ1) is 12.5. The average Bonchev–Trinajstić information content (AvgIpc) is 3.18. The van der Waals surface area contributed by atoms with Crippen LogP contribution < -0.4 is 0 Å². The molecule has 0 aliphatic carbocycles. The van der Waals surface area contributed by atoms with E-state index in [2.05, 4.69) is 6.92 Å². The first-order valence-corrected chi connectivity index (χ1v) is 9.87. The second-order valence-corrected chi connectivity index (χ2v) is 7.68. The van der Waals surface area contributed by atoms with Gasteiger partial charge in [-0.25, -0.2) is 0 Å². The zero-order chi connectivity index (χ0) is 18.7. The molecule has 0 bridgehead atoms. The molecule has 1 aliphatic heterocycles. The standard InChI is InChI=1S/C19H17Cl2NO3S/c1-2-3-4-9-22-18(23)17(26-19(22)24)11-13-6-8-16(25-13)12-5-7-14(20)15(21)10-12/h5-8,10-11H,2-4,9H2,1H3/b17-11-. The van der Waals surface area contributed by atoms with E-state index in [-0.39, 0.29) is 11.1 Å². The number of hydrogen-bond acceptors (Lipinski definition) is 4. The van der Waals surface area contributed by atoms with Crippen molar-refractivity contribution in [2.45, 2.75) is 26.2 Å². The molecule has 0 radical (unpaired) electrons. The number of amides is 2. The molecule has 0 spiro atoms. The van der Waals surface area contributed by atoms with Gasteiger partial charge >= 0.3 is 0 Å². The molecule has 26 heavy (non-hydrogen) atoms. The maximum atomic E-state index is 12.4. The zero-order valence-corrected chi connectivity index (χ0v) is 16.5. The van der Waals surface area contributed by atoms with E-state index in [9.17, 15) is 9.59 Å². The number of carbonyl (C=O) groups is 2. The van der Waals surface area contributed by atoms with Crippen molar-refractivity contribution < 1.29 is 14.0 Å². The fourth-order valence-electron chi connectivity index (χ4n) is 2.58. The number of hydrogen-bond donors (Lipinski definition) is 0. The zero-order valence-electron chi connectivity index (χ0n) is 14.1. The number of rotatable bonds is 6. The van der Waals surface area contributed by atoms with Gasteiger partial charge < -0.3 is 4.42 Å². The summed E-state index contributed by atoms with van der Waals surface area (Å²) in [5, 5.41) is 0.683. The summed E-state index contributed by atoms with van der Waals surface area (Å²) in [4.78, 5) is 26.1. The Labute approximate surface area is 166 Å². The van der Waals surface area contributed by atoms with Gasteiger partial charge in [-0.15, -0.1) is 0 Å². The van der Waals surface area contributed by atoms with Crippen LogP contribution in [0.3, 0.4) is 0 Å². The van der Waals surface area contributed by atoms with Gasteiger partial charge in [0.2, 0.25) is 0 Å². The van der Waals surface area contributed by atoms with Crippen LogP contribution in [0, 0.1) is 0 Å². The van der Waals surface area contributed by atoms with Crippen molar-refractivity contribution >= 4 is 52.2 Å². The van der Waals surface area contributed by atoms with Crippen molar-refractivity contribution in [3.05, 3.63) is 51.0 Å². The predicted octanol–water partition coefficient (Wildman–Crippen LogP) is 6.48. The lowest BCUT2D eigenvalue weighted by Gasteiger charge is -2.11. The summed E-state index contributed by atoms with van der Waals surface area (Å²) in [5.74, 6) is 0.853. The quantitative estimate of drug-likeness (QED) is 0.404. The Balaban J connectivity index is 1.76. The number of imide groups is 1. The Bertz CT molecular complexity index is 875. The molecule has 0 N–H and O–H groups in total. The summed E-state index contributed by atoms with van der Waals surface area (Å²) >= 11 is 12.9. The first-order valence-electron chi connectivity index (χ1n) is 8.30. The molecular weight excluding hydrogens is 393 g/mol. The van der Waals surface area contributed by atoms with Gasteiger partial charge in [-0.05, 0) is 48.5 Å². The maximum Gasteiger partial charge on any atom is 0.293 e. The fourth-order valence-corrected chi connectivity index (χ4v) is 3.72. The van der Waals surface area contributed by atoms with Gasteiger partial charge in [0, 0.05) is 18.2 Å². The second kappa shape index (κ2) is 8.33. The highest BCUT2D eigenvalue weighted by Gasteiger charge is 2.34. The number of furan rings is 1. The van der Waals surface area contributed by atoms with Gasteiger partial charge in [0.15, 0.2) is 0 Å². The van der Waals surface area contributed by atoms with E-state index in [0.717, 1.165) is 36.6 Å². The van der Waals surface area contributed by atoms with Crippen molar-refractivity contribution in [1.29, 1.82) is 0 Å². The lowest BCUT2D eigenvalue weighted by atomic mass is 10.2. The minimum atomic E-state index is -0.261. The van der Waals surface area contributed by atoms with Crippen LogP contribution in [0.4, 0.5) is 4.79 Å². The van der Waals surface area contributed by atoms with Gasteiger partial charge in [0.25, 0.3) is 11.1 Å². The number of halogens is 2. The summed E-state index contributed by atoms with van der Waals surface area (Å²) in [6.07, 6.45) is 4.46. The molecule has 4 nitrogen and oxygen atoms in total. The molecule has 1 fully saturated rings. The van der Waals surface area contributed by atoms with Gasteiger partial charge in [0.1, 0.15) is 11.5 Å². The molecule has 2 amide bonds. The number of carbonyl (C=O) groups excluding carboxylic acids is 2. The summed E-state index contributed by atoms with van der Waals surface area (Å²) in [7, 11) is 0. The van der Waals surface area contributed by atoms with E-state index >= 15 is 0 Å². The SMILES string of the molecule is CCCCCN1C(=O)S/C(=C\c2ccc(-c3ccc(Cl)c(Cl)c3)o2)C1=O. The van der Waals surface area contributed by atoms with Crippen LogP contribution in [-0.2, 0) is 4.79 Å². The predicted molar refractivity (Wildman–Crippen MR) is 106 cm³/mol. The summed E-state index contributed by atoms with van der Waals surface area (Å²) in [6.45, 7) is 2.54.